The predicted molar refractivity (Wildman–Crippen MR) is 42.5 cm³/mol. The van der Waals surface area contributed by atoms with E-state index in [2.05, 4.69) is 12.8 Å². The highest BCUT2D eigenvalue weighted by molar-refractivity contribution is 5.76. The minimum absolute atomic E-state index is 0.169. The normalized spacial score (nSPS) is 12.1. The van der Waals surface area contributed by atoms with E-state index >= 15 is 0 Å². The summed E-state index contributed by atoms with van der Waals surface area (Å²) in [5.74, 6) is 2.97. The van der Waals surface area contributed by atoms with Crippen molar-refractivity contribution in [1.29, 1.82) is 0 Å². The monoisotopic (exact) mass is 138 g/mol. The number of hydrogen-bond acceptors (Lipinski definition) is 1. The molecular formula is C9H14O. The number of carbonyl (C=O) groups is 1. The standard InChI is InChI=1S/C9H14O/c1-4-6-9(5-2)7-8(3)10/h2,9H,4,6-7H2,1,3H3. The van der Waals surface area contributed by atoms with Crippen molar-refractivity contribution >= 4 is 5.78 Å². The van der Waals surface area contributed by atoms with E-state index < -0.39 is 0 Å². The van der Waals surface area contributed by atoms with E-state index in [0.717, 1.165) is 12.8 Å². The Morgan fingerprint density at radius 2 is 2.30 bits per heavy atom. The van der Waals surface area contributed by atoms with Crippen molar-refractivity contribution in [3.63, 3.8) is 0 Å². The van der Waals surface area contributed by atoms with Gasteiger partial charge in [-0.2, -0.15) is 0 Å². The average Bonchev–Trinajstić information content (AvgIpc) is 1.86. The van der Waals surface area contributed by atoms with Crippen LogP contribution in [-0.4, -0.2) is 5.78 Å². The van der Waals surface area contributed by atoms with Crippen molar-refractivity contribution < 1.29 is 4.79 Å². The van der Waals surface area contributed by atoms with E-state index in [0.29, 0.717) is 6.42 Å². The number of Topliss-reactive ketones (excluding diaryl/α,β-unsaturated/α-hetero) is 1. The molecule has 10 heavy (non-hydrogen) atoms. The van der Waals surface area contributed by atoms with E-state index in [4.69, 9.17) is 6.42 Å². The Bertz CT molecular complexity index is 141. The van der Waals surface area contributed by atoms with Gasteiger partial charge in [-0.25, -0.2) is 0 Å². The third kappa shape index (κ3) is 4.14. The predicted octanol–water partition coefficient (Wildman–Crippen LogP) is 2.01. The maximum atomic E-state index is 10.6. The molecule has 0 saturated carbocycles. The molecule has 0 aliphatic carbocycles. The first-order valence-electron chi connectivity index (χ1n) is 3.66. The Morgan fingerprint density at radius 1 is 1.70 bits per heavy atom. The van der Waals surface area contributed by atoms with Gasteiger partial charge in [0, 0.05) is 12.3 Å². The molecule has 0 bridgehead atoms. The van der Waals surface area contributed by atoms with Crippen LogP contribution >= 0.6 is 0 Å². The number of terminal acetylenes is 1. The zero-order chi connectivity index (χ0) is 7.98. The molecule has 0 aliphatic heterocycles. The molecule has 0 aromatic carbocycles. The van der Waals surface area contributed by atoms with Crippen LogP contribution in [-0.2, 0) is 4.79 Å². The van der Waals surface area contributed by atoms with Gasteiger partial charge in [-0.15, -0.1) is 12.3 Å². The van der Waals surface area contributed by atoms with Crippen molar-refractivity contribution in [3.8, 4) is 12.3 Å². The average molecular weight is 138 g/mol. The molecule has 0 aliphatic rings. The molecule has 56 valence electrons. The van der Waals surface area contributed by atoms with Gasteiger partial charge in [0.15, 0.2) is 0 Å². The molecule has 1 nitrogen and oxygen atoms in total. The van der Waals surface area contributed by atoms with Crippen LogP contribution in [0.4, 0.5) is 0 Å². The van der Waals surface area contributed by atoms with Crippen molar-refractivity contribution in [2.24, 2.45) is 5.92 Å². The minimum atomic E-state index is 0.169. The van der Waals surface area contributed by atoms with Gasteiger partial charge in [-0.3, -0.25) is 4.79 Å². The van der Waals surface area contributed by atoms with Crippen LogP contribution < -0.4 is 0 Å². The minimum Gasteiger partial charge on any atom is -0.300 e. The topological polar surface area (TPSA) is 17.1 Å². The molecule has 1 unspecified atom stereocenters. The fourth-order valence-corrected chi connectivity index (χ4v) is 0.940. The highest BCUT2D eigenvalue weighted by Gasteiger charge is 2.05. The molecule has 0 heterocycles. The first-order chi connectivity index (χ1) is 4.70. The second kappa shape index (κ2) is 5.05. The van der Waals surface area contributed by atoms with Gasteiger partial charge in [-0.05, 0) is 13.3 Å². The van der Waals surface area contributed by atoms with Gasteiger partial charge in [-0.1, -0.05) is 13.3 Å². The number of hydrogen-bond donors (Lipinski definition) is 0. The third-order valence-corrected chi connectivity index (χ3v) is 1.41. The highest BCUT2D eigenvalue weighted by atomic mass is 16.1. The second-order valence-corrected chi connectivity index (χ2v) is 2.56. The quantitative estimate of drug-likeness (QED) is 0.543. The maximum absolute atomic E-state index is 10.6. The van der Waals surface area contributed by atoms with Crippen LogP contribution in [0.25, 0.3) is 0 Å². The summed E-state index contributed by atoms with van der Waals surface area (Å²) in [6.45, 7) is 3.66. The van der Waals surface area contributed by atoms with Crippen molar-refractivity contribution in [1.82, 2.24) is 0 Å². The smallest absolute Gasteiger partial charge is 0.131 e. The van der Waals surface area contributed by atoms with E-state index in [1.54, 1.807) is 6.92 Å². The highest BCUT2D eigenvalue weighted by Crippen LogP contribution is 2.09. The van der Waals surface area contributed by atoms with Crippen LogP contribution in [0.3, 0.4) is 0 Å². The van der Waals surface area contributed by atoms with Gasteiger partial charge < -0.3 is 0 Å². The second-order valence-electron chi connectivity index (χ2n) is 2.56. The molecule has 0 rings (SSSR count). The molecule has 0 spiro atoms. The van der Waals surface area contributed by atoms with E-state index in [1.807, 2.05) is 0 Å². The summed E-state index contributed by atoms with van der Waals surface area (Å²) in [6.07, 6.45) is 7.78. The summed E-state index contributed by atoms with van der Waals surface area (Å²) in [5.41, 5.74) is 0. The van der Waals surface area contributed by atoms with Gasteiger partial charge >= 0.3 is 0 Å². The van der Waals surface area contributed by atoms with Crippen molar-refractivity contribution in [2.45, 2.75) is 33.1 Å². The summed E-state index contributed by atoms with van der Waals surface area (Å²) in [7, 11) is 0. The molecule has 0 radical (unpaired) electrons. The van der Waals surface area contributed by atoms with E-state index in [9.17, 15) is 4.79 Å². The van der Waals surface area contributed by atoms with E-state index in [1.165, 1.54) is 0 Å². The molecule has 0 fully saturated rings. The van der Waals surface area contributed by atoms with E-state index in [-0.39, 0.29) is 11.7 Å². The summed E-state index contributed by atoms with van der Waals surface area (Å²) in [4.78, 5) is 10.6. The van der Waals surface area contributed by atoms with Crippen LogP contribution in [0.5, 0.6) is 0 Å². The fourth-order valence-electron chi connectivity index (χ4n) is 0.940. The van der Waals surface area contributed by atoms with Crippen LogP contribution in [0.2, 0.25) is 0 Å². The molecule has 1 atom stereocenters. The molecule has 0 saturated heterocycles. The van der Waals surface area contributed by atoms with Gasteiger partial charge in [0.05, 0.1) is 0 Å². The van der Waals surface area contributed by atoms with Crippen molar-refractivity contribution in [3.05, 3.63) is 0 Å². The van der Waals surface area contributed by atoms with Crippen LogP contribution in [0, 0.1) is 18.3 Å². The maximum Gasteiger partial charge on any atom is 0.131 e. The van der Waals surface area contributed by atoms with Gasteiger partial charge in [0.1, 0.15) is 5.78 Å². The number of carbonyl (C=O) groups excluding carboxylic acids is 1. The number of ketones is 1. The summed E-state index contributed by atoms with van der Waals surface area (Å²) in [6, 6.07) is 0. The lowest BCUT2D eigenvalue weighted by Crippen LogP contribution is -2.02. The first-order valence-corrected chi connectivity index (χ1v) is 3.66. The lowest BCUT2D eigenvalue weighted by molar-refractivity contribution is -0.117. The number of rotatable bonds is 4. The first kappa shape index (κ1) is 9.23. The zero-order valence-corrected chi connectivity index (χ0v) is 6.68. The van der Waals surface area contributed by atoms with Crippen LogP contribution in [0.15, 0.2) is 0 Å². The Morgan fingerprint density at radius 3 is 2.60 bits per heavy atom. The molecule has 0 amide bonds. The molecule has 0 N–H and O–H groups in total. The van der Waals surface area contributed by atoms with Gasteiger partial charge in [0.25, 0.3) is 0 Å². The summed E-state index contributed by atoms with van der Waals surface area (Å²) in [5, 5.41) is 0. The Labute approximate surface area is 62.8 Å². The molecule has 1 heteroatoms. The summed E-state index contributed by atoms with van der Waals surface area (Å²) < 4.78 is 0. The molecule has 0 aromatic rings. The zero-order valence-electron chi connectivity index (χ0n) is 6.68. The molecular weight excluding hydrogens is 124 g/mol. The fraction of sp³-hybridized carbons (Fsp3) is 0.667. The lowest BCUT2D eigenvalue weighted by Gasteiger charge is -2.04. The lowest BCUT2D eigenvalue weighted by atomic mass is 9.99. The SMILES string of the molecule is C#CC(CCC)CC(C)=O. The Balaban J connectivity index is 3.63. The third-order valence-electron chi connectivity index (χ3n) is 1.41. The van der Waals surface area contributed by atoms with Crippen LogP contribution in [0.1, 0.15) is 33.1 Å². The Kier molecular flexibility index (Phi) is 4.66. The molecule has 0 aromatic heterocycles. The van der Waals surface area contributed by atoms with Crippen molar-refractivity contribution in [2.75, 3.05) is 0 Å². The summed E-state index contributed by atoms with van der Waals surface area (Å²) >= 11 is 0. The largest absolute Gasteiger partial charge is 0.300 e. The van der Waals surface area contributed by atoms with Gasteiger partial charge in [0.2, 0.25) is 0 Å². The Hall–Kier alpha value is -0.770.